The molecule has 0 radical (unpaired) electrons. The Morgan fingerprint density at radius 3 is 1.76 bits per heavy atom. The van der Waals surface area contributed by atoms with Crippen LogP contribution in [0.2, 0.25) is 0 Å². The van der Waals surface area contributed by atoms with Gasteiger partial charge in [-0.05, 0) is 41.5 Å². The first-order chi connectivity index (χ1) is 19.7. The summed E-state index contributed by atoms with van der Waals surface area (Å²) in [6, 6.07) is 0. The largest absolute Gasteiger partial charge is 0.388 e. The minimum absolute atomic E-state index is 0.0415. The molecule has 0 amide bonds. The zero-order valence-corrected chi connectivity index (χ0v) is 24.5. The number of hydrogen-bond acceptors (Lipinski definition) is 15. The molecular formula is C27H42O15. The lowest BCUT2D eigenvalue weighted by Gasteiger charge is -2.31. The quantitative estimate of drug-likeness (QED) is 0.303. The van der Waals surface area contributed by atoms with E-state index in [-0.39, 0.29) is 32.0 Å². The van der Waals surface area contributed by atoms with Gasteiger partial charge in [-0.15, -0.1) is 0 Å². The van der Waals surface area contributed by atoms with E-state index >= 15 is 0 Å². The molecule has 7 saturated heterocycles. The van der Waals surface area contributed by atoms with E-state index in [0.29, 0.717) is 0 Å². The summed E-state index contributed by atoms with van der Waals surface area (Å²) >= 11 is 0. The van der Waals surface area contributed by atoms with Gasteiger partial charge in [-0.2, -0.15) is 0 Å². The van der Waals surface area contributed by atoms with Crippen LogP contribution in [0, 0.1) is 0 Å². The fourth-order valence-electron chi connectivity index (χ4n) is 6.87. The van der Waals surface area contributed by atoms with Gasteiger partial charge >= 0.3 is 0 Å². The van der Waals surface area contributed by atoms with Crippen LogP contribution in [-0.4, -0.2) is 145 Å². The molecule has 15 heteroatoms. The van der Waals surface area contributed by atoms with Crippen LogP contribution >= 0.6 is 0 Å². The van der Waals surface area contributed by atoms with Gasteiger partial charge in [0.05, 0.1) is 19.8 Å². The van der Waals surface area contributed by atoms with Crippen molar-refractivity contribution in [2.45, 2.75) is 151 Å². The normalized spacial score (nSPS) is 50.9. The molecule has 7 aliphatic heterocycles. The second-order valence-corrected chi connectivity index (χ2v) is 13.3. The Morgan fingerprint density at radius 1 is 0.643 bits per heavy atom. The summed E-state index contributed by atoms with van der Waals surface area (Å²) in [4.78, 5) is 0. The van der Waals surface area contributed by atoms with E-state index in [9.17, 15) is 15.3 Å². The van der Waals surface area contributed by atoms with Gasteiger partial charge in [-0.25, -0.2) is 0 Å². The molecule has 0 unspecified atom stereocenters. The Hall–Kier alpha value is -0.600. The second-order valence-electron chi connectivity index (χ2n) is 13.3. The van der Waals surface area contributed by atoms with Crippen LogP contribution in [0.15, 0.2) is 0 Å². The second kappa shape index (κ2) is 10.5. The minimum Gasteiger partial charge on any atom is -0.388 e. The van der Waals surface area contributed by atoms with Crippen LogP contribution in [0.5, 0.6) is 0 Å². The fraction of sp³-hybridized carbons (Fsp3) is 1.00. The van der Waals surface area contributed by atoms with Crippen molar-refractivity contribution in [1.82, 2.24) is 0 Å². The van der Waals surface area contributed by atoms with Crippen molar-refractivity contribution in [3.8, 4) is 0 Å². The summed E-state index contributed by atoms with van der Waals surface area (Å²) in [5.41, 5.74) is 0. The van der Waals surface area contributed by atoms with Crippen LogP contribution in [-0.2, 0) is 56.8 Å². The lowest BCUT2D eigenvalue weighted by atomic mass is 10.0. The third kappa shape index (κ3) is 5.33. The number of fused-ring (bicyclic) bond motifs is 5. The number of rotatable bonds is 8. The van der Waals surface area contributed by atoms with Crippen LogP contribution in [0.1, 0.15) is 41.5 Å². The Labute approximate surface area is 243 Å². The topological polar surface area (TPSA) is 171 Å². The van der Waals surface area contributed by atoms with Crippen LogP contribution < -0.4 is 0 Å². The molecule has 0 aromatic rings. The molecule has 0 saturated carbocycles. The monoisotopic (exact) mass is 606 g/mol. The molecule has 15 nitrogen and oxygen atoms in total. The molecule has 0 aromatic heterocycles. The number of ether oxygens (including phenoxy) is 12. The third-order valence-electron chi connectivity index (χ3n) is 8.65. The molecule has 0 spiro atoms. The fourth-order valence-corrected chi connectivity index (χ4v) is 6.87. The van der Waals surface area contributed by atoms with Gasteiger partial charge in [0.1, 0.15) is 73.2 Å². The number of aliphatic hydroxyl groups excluding tert-OH is 3. The van der Waals surface area contributed by atoms with E-state index in [1.54, 1.807) is 27.7 Å². The van der Waals surface area contributed by atoms with Crippen LogP contribution in [0.4, 0.5) is 0 Å². The summed E-state index contributed by atoms with van der Waals surface area (Å²) in [7, 11) is 0. The van der Waals surface area contributed by atoms with Crippen LogP contribution in [0.3, 0.4) is 0 Å². The van der Waals surface area contributed by atoms with Gasteiger partial charge in [0.2, 0.25) is 0 Å². The number of aliphatic hydroxyl groups is 3. The average Bonchev–Trinajstić information content (AvgIpc) is 3.72. The molecular weight excluding hydrogens is 564 g/mol. The lowest BCUT2D eigenvalue weighted by Crippen LogP contribution is -2.48. The Kier molecular flexibility index (Phi) is 7.50. The Bertz CT molecular complexity index is 1010. The van der Waals surface area contributed by atoms with Crippen molar-refractivity contribution in [2.75, 3.05) is 19.8 Å². The minimum atomic E-state index is -1.25. The maximum atomic E-state index is 11.1. The predicted molar refractivity (Wildman–Crippen MR) is 133 cm³/mol. The molecule has 0 bridgehead atoms. The van der Waals surface area contributed by atoms with E-state index in [1.165, 1.54) is 0 Å². The maximum Gasteiger partial charge on any atom is 0.190 e. The molecule has 7 heterocycles. The molecule has 0 aromatic carbocycles. The molecule has 7 aliphatic rings. The summed E-state index contributed by atoms with van der Waals surface area (Å²) in [6.45, 7) is 10.5. The van der Waals surface area contributed by atoms with E-state index in [2.05, 4.69) is 0 Å². The highest BCUT2D eigenvalue weighted by atomic mass is 16.9. The first kappa shape index (κ1) is 30.1. The molecule has 240 valence electrons. The SMILES string of the molecule is CC1(C)O[C@H]2O[C@H]([C@H](O)CO[C@H](CO[C@@H]3CO[C@@H]4[C@H]5OC(C)(C)O[C@H]5O[C@@H]43)[C@H]3O[C@@H]4OC(C)(C)O[C@@H]4[C@@H]3O)[C@@H](O)[C@H]2O1. The lowest BCUT2D eigenvalue weighted by molar-refractivity contribution is -0.244. The van der Waals surface area contributed by atoms with E-state index < -0.39 is 97.3 Å². The first-order valence-electron chi connectivity index (χ1n) is 14.6. The highest BCUT2D eigenvalue weighted by Gasteiger charge is 2.61. The van der Waals surface area contributed by atoms with E-state index in [1.807, 2.05) is 13.8 Å². The smallest absolute Gasteiger partial charge is 0.190 e. The van der Waals surface area contributed by atoms with Crippen molar-refractivity contribution in [1.29, 1.82) is 0 Å². The van der Waals surface area contributed by atoms with Crippen molar-refractivity contribution >= 4 is 0 Å². The zero-order chi connectivity index (χ0) is 29.8. The third-order valence-corrected chi connectivity index (χ3v) is 8.65. The van der Waals surface area contributed by atoms with Gasteiger partial charge < -0.3 is 72.2 Å². The maximum absolute atomic E-state index is 11.1. The molecule has 0 aliphatic carbocycles. The van der Waals surface area contributed by atoms with Gasteiger partial charge in [-0.3, -0.25) is 0 Å². The molecule has 7 fully saturated rings. The summed E-state index contributed by atoms with van der Waals surface area (Å²) in [5, 5.41) is 32.8. The van der Waals surface area contributed by atoms with E-state index in [4.69, 9.17) is 56.8 Å². The summed E-state index contributed by atoms with van der Waals surface area (Å²) < 4.78 is 71.0. The van der Waals surface area contributed by atoms with Gasteiger partial charge in [0.25, 0.3) is 0 Å². The Morgan fingerprint density at radius 2 is 1.17 bits per heavy atom. The van der Waals surface area contributed by atoms with E-state index in [0.717, 1.165) is 0 Å². The zero-order valence-electron chi connectivity index (χ0n) is 24.5. The van der Waals surface area contributed by atoms with Gasteiger partial charge in [0, 0.05) is 0 Å². The standard InChI is InChI=1S/C27H42O15/c1-25(2)37-18-13(29)15(34-22(18)40-25)10(28)7-31-11(16-14(30)19-23(35-16)41-26(3,4)38-19)8-32-12-9-33-20-17(12)36-24-21(20)39-27(5,6)42-24/h10-24,28-30H,7-9H2,1-6H3/t10-,11-,12-,13-,14-,15-,16-,17-,18-,19-,20+,21-,22-,23-,24-/m1/s1. The summed E-state index contributed by atoms with van der Waals surface area (Å²) in [5.74, 6) is -2.58. The van der Waals surface area contributed by atoms with Crippen molar-refractivity contribution < 1.29 is 72.2 Å². The first-order valence-corrected chi connectivity index (χ1v) is 14.6. The molecule has 3 N–H and O–H groups in total. The predicted octanol–water partition coefficient (Wildman–Crippen LogP) is -1.13. The van der Waals surface area contributed by atoms with Crippen molar-refractivity contribution in [3.63, 3.8) is 0 Å². The van der Waals surface area contributed by atoms with Crippen molar-refractivity contribution in [3.05, 3.63) is 0 Å². The van der Waals surface area contributed by atoms with Crippen LogP contribution in [0.25, 0.3) is 0 Å². The van der Waals surface area contributed by atoms with Gasteiger partial charge in [-0.1, -0.05) is 0 Å². The number of hydrogen-bond donors (Lipinski definition) is 3. The molecule has 15 atom stereocenters. The Balaban J connectivity index is 0.998. The van der Waals surface area contributed by atoms with Crippen molar-refractivity contribution in [2.24, 2.45) is 0 Å². The highest BCUT2D eigenvalue weighted by molar-refractivity contribution is 5.02. The highest BCUT2D eigenvalue weighted by Crippen LogP contribution is 2.44. The average molecular weight is 607 g/mol. The molecule has 7 rings (SSSR count). The van der Waals surface area contributed by atoms with Gasteiger partial charge in [0.15, 0.2) is 36.2 Å². The summed E-state index contributed by atoms with van der Waals surface area (Å²) in [6.07, 6.45) is -11.5. The molecule has 42 heavy (non-hydrogen) atoms.